The molecule has 1 N–H and O–H groups in total. The maximum atomic E-state index is 9.72. The normalized spacial score (nSPS) is 11.0. The highest BCUT2D eigenvalue weighted by Gasteiger charge is 2.17. The van der Waals surface area contributed by atoms with Crippen LogP contribution >= 0.6 is 11.3 Å². The third kappa shape index (κ3) is 1.96. The first-order valence-electron chi connectivity index (χ1n) is 6.27. The van der Waals surface area contributed by atoms with Gasteiger partial charge in [-0.1, -0.05) is 29.4 Å². The summed E-state index contributed by atoms with van der Waals surface area (Å²) in [5.74, 6) is 0.850. The van der Waals surface area contributed by atoms with Crippen LogP contribution in [0, 0.1) is 0 Å². The molecule has 0 bridgehead atoms. The summed E-state index contributed by atoms with van der Waals surface area (Å²) in [6.07, 6.45) is 1.72. The Morgan fingerprint density at radius 2 is 2.00 bits per heavy atom. The highest BCUT2D eigenvalue weighted by molar-refractivity contribution is 7.13. The lowest BCUT2D eigenvalue weighted by molar-refractivity contribution is 0.427. The first-order valence-corrected chi connectivity index (χ1v) is 7.15. The Bertz CT molecular complexity index is 924. The van der Waals surface area contributed by atoms with Gasteiger partial charge >= 0.3 is 0 Å². The fourth-order valence-corrected chi connectivity index (χ4v) is 2.88. The number of thiophene rings is 1. The molecule has 0 atom stereocenters. The van der Waals surface area contributed by atoms with Crippen LogP contribution in [0.4, 0.5) is 0 Å². The molecular formula is C15H9N3O2S. The number of rotatable bonds is 2. The topological polar surface area (TPSA) is 72.0 Å². The first-order chi connectivity index (χ1) is 10.3. The molecule has 5 nitrogen and oxygen atoms in total. The van der Waals surface area contributed by atoms with Crippen molar-refractivity contribution in [1.82, 2.24) is 15.1 Å². The third-order valence-corrected chi connectivity index (χ3v) is 4.04. The molecule has 0 fully saturated rings. The molecule has 0 aliphatic rings. The summed E-state index contributed by atoms with van der Waals surface area (Å²) in [6.45, 7) is 0. The standard InChI is InChI=1S/C15H9N3O2S/c19-11-6-8-21-13(11)15-17-14(18-20-15)12-10-4-2-1-3-9(10)5-7-16-12/h1-8,19H. The van der Waals surface area contributed by atoms with Crippen molar-refractivity contribution in [2.75, 3.05) is 0 Å². The molecule has 0 spiro atoms. The third-order valence-electron chi connectivity index (χ3n) is 3.15. The average Bonchev–Trinajstić information content (AvgIpc) is 3.15. The Kier molecular flexibility index (Phi) is 2.68. The van der Waals surface area contributed by atoms with E-state index in [0.29, 0.717) is 22.3 Å². The van der Waals surface area contributed by atoms with Gasteiger partial charge in [0.1, 0.15) is 16.3 Å². The van der Waals surface area contributed by atoms with Gasteiger partial charge in [0, 0.05) is 11.6 Å². The van der Waals surface area contributed by atoms with E-state index >= 15 is 0 Å². The zero-order chi connectivity index (χ0) is 14.2. The van der Waals surface area contributed by atoms with Gasteiger partial charge in [0.15, 0.2) is 0 Å². The highest BCUT2D eigenvalue weighted by Crippen LogP contribution is 2.34. The molecule has 0 unspecified atom stereocenters. The molecule has 0 aliphatic heterocycles. The molecule has 3 aromatic heterocycles. The lowest BCUT2D eigenvalue weighted by Crippen LogP contribution is -1.87. The fourth-order valence-electron chi connectivity index (χ4n) is 2.17. The molecule has 3 heterocycles. The Morgan fingerprint density at radius 1 is 1.10 bits per heavy atom. The van der Waals surface area contributed by atoms with Crippen LogP contribution in [-0.4, -0.2) is 20.2 Å². The van der Waals surface area contributed by atoms with Crippen LogP contribution in [0.15, 0.2) is 52.5 Å². The van der Waals surface area contributed by atoms with Crippen LogP contribution in [0.25, 0.3) is 33.1 Å². The van der Waals surface area contributed by atoms with Crippen LogP contribution in [0.1, 0.15) is 0 Å². The molecule has 0 saturated carbocycles. The molecule has 102 valence electrons. The molecule has 4 aromatic rings. The largest absolute Gasteiger partial charge is 0.506 e. The summed E-state index contributed by atoms with van der Waals surface area (Å²) in [5.41, 5.74) is 0.666. The van der Waals surface area contributed by atoms with Crippen LogP contribution < -0.4 is 0 Å². The van der Waals surface area contributed by atoms with E-state index in [0.717, 1.165) is 10.8 Å². The van der Waals surface area contributed by atoms with Gasteiger partial charge in [-0.05, 0) is 22.9 Å². The monoisotopic (exact) mass is 295 g/mol. The molecule has 6 heteroatoms. The van der Waals surface area contributed by atoms with E-state index in [2.05, 4.69) is 15.1 Å². The predicted octanol–water partition coefficient (Wildman–Crippen LogP) is 3.72. The molecule has 4 rings (SSSR count). The molecule has 0 aliphatic carbocycles. The van der Waals surface area contributed by atoms with Crippen LogP contribution in [0.5, 0.6) is 5.75 Å². The Morgan fingerprint density at radius 3 is 2.86 bits per heavy atom. The minimum Gasteiger partial charge on any atom is -0.506 e. The number of hydrogen-bond acceptors (Lipinski definition) is 6. The molecular weight excluding hydrogens is 286 g/mol. The van der Waals surface area contributed by atoms with Gasteiger partial charge in [0.05, 0.1) is 0 Å². The Labute approximate surface area is 123 Å². The van der Waals surface area contributed by atoms with Gasteiger partial charge in [0.2, 0.25) is 5.82 Å². The number of pyridine rings is 1. The highest BCUT2D eigenvalue weighted by atomic mass is 32.1. The molecule has 1 aromatic carbocycles. The number of benzene rings is 1. The SMILES string of the molecule is Oc1ccsc1-c1nc(-c2nccc3ccccc23)no1. The number of fused-ring (bicyclic) bond motifs is 1. The minimum atomic E-state index is 0.140. The van der Waals surface area contributed by atoms with E-state index in [1.807, 2.05) is 30.3 Å². The number of nitrogens with zero attached hydrogens (tertiary/aromatic N) is 3. The average molecular weight is 295 g/mol. The van der Waals surface area contributed by atoms with Crippen molar-refractivity contribution in [3.8, 4) is 28.0 Å². The van der Waals surface area contributed by atoms with Crippen molar-refractivity contribution in [1.29, 1.82) is 0 Å². The quantitative estimate of drug-likeness (QED) is 0.610. The lowest BCUT2D eigenvalue weighted by atomic mass is 10.1. The molecule has 0 amide bonds. The van der Waals surface area contributed by atoms with Crippen molar-refractivity contribution in [2.45, 2.75) is 0 Å². The first kappa shape index (κ1) is 12.0. The van der Waals surface area contributed by atoms with Gasteiger partial charge in [-0.3, -0.25) is 4.98 Å². The van der Waals surface area contributed by atoms with Crippen LogP contribution in [0.3, 0.4) is 0 Å². The Balaban J connectivity index is 1.87. The van der Waals surface area contributed by atoms with E-state index < -0.39 is 0 Å². The summed E-state index contributed by atoms with van der Waals surface area (Å²) in [7, 11) is 0. The summed E-state index contributed by atoms with van der Waals surface area (Å²) < 4.78 is 5.24. The minimum absolute atomic E-state index is 0.140. The number of hydrogen-bond donors (Lipinski definition) is 1. The van der Waals surface area contributed by atoms with E-state index in [-0.39, 0.29) is 5.75 Å². The molecule has 0 saturated heterocycles. The summed E-state index contributed by atoms with van der Waals surface area (Å²) in [4.78, 5) is 9.26. The van der Waals surface area contributed by atoms with Crippen LogP contribution in [-0.2, 0) is 0 Å². The van der Waals surface area contributed by atoms with Crippen LogP contribution in [0.2, 0.25) is 0 Å². The second-order valence-corrected chi connectivity index (χ2v) is 5.35. The van der Waals surface area contributed by atoms with E-state index in [4.69, 9.17) is 4.52 Å². The van der Waals surface area contributed by atoms with E-state index in [9.17, 15) is 5.11 Å². The summed E-state index contributed by atoms with van der Waals surface area (Å²) in [6, 6.07) is 11.4. The Hall–Kier alpha value is -2.73. The second-order valence-electron chi connectivity index (χ2n) is 4.44. The van der Waals surface area contributed by atoms with Crippen molar-refractivity contribution < 1.29 is 9.63 Å². The van der Waals surface area contributed by atoms with Gasteiger partial charge in [-0.2, -0.15) is 4.98 Å². The predicted molar refractivity (Wildman–Crippen MR) is 80.0 cm³/mol. The fraction of sp³-hybridized carbons (Fsp3) is 0. The van der Waals surface area contributed by atoms with Crippen molar-refractivity contribution in [3.63, 3.8) is 0 Å². The van der Waals surface area contributed by atoms with Crippen molar-refractivity contribution >= 4 is 22.1 Å². The van der Waals surface area contributed by atoms with Crippen molar-refractivity contribution in [2.24, 2.45) is 0 Å². The summed E-state index contributed by atoms with van der Waals surface area (Å²) in [5, 5.41) is 17.5. The van der Waals surface area contributed by atoms with Gasteiger partial charge in [0.25, 0.3) is 5.89 Å². The lowest BCUT2D eigenvalue weighted by Gasteiger charge is -2.00. The number of aromatic nitrogens is 3. The van der Waals surface area contributed by atoms with E-state index in [1.54, 1.807) is 17.6 Å². The maximum absolute atomic E-state index is 9.72. The van der Waals surface area contributed by atoms with Gasteiger partial charge < -0.3 is 9.63 Å². The number of aromatic hydroxyl groups is 1. The van der Waals surface area contributed by atoms with Gasteiger partial charge in [-0.25, -0.2) is 0 Å². The maximum Gasteiger partial charge on any atom is 0.272 e. The van der Waals surface area contributed by atoms with E-state index in [1.165, 1.54) is 11.3 Å². The zero-order valence-electron chi connectivity index (χ0n) is 10.7. The zero-order valence-corrected chi connectivity index (χ0v) is 11.5. The smallest absolute Gasteiger partial charge is 0.272 e. The van der Waals surface area contributed by atoms with Crippen molar-refractivity contribution in [3.05, 3.63) is 48.0 Å². The van der Waals surface area contributed by atoms with Gasteiger partial charge in [-0.15, -0.1) is 11.3 Å². The second kappa shape index (κ2) is 4.68. The molecule has 0 radical (unpaired) electrons. The summed E-state index contributed by atoms with van der Waals surface area (Å²) >= 11 is 1.35. The molecule has 21 heavy (non-hydrogen) atoms.